The number of benzene rings is 2. The van der Waals surface area contributed by atoms with Gasteiger partial charge < -0.3 is 14.8 Å². The smallest absolute Gasteiger partial charge is 0.234 e. The molecule has 128 valence electrons. The van der Waals surface area contributed by atoms with E-state index in [0.29, 0.717) is 17.3 Å². The number of amides is 1. The van der Waals surface area contributed by atoms with Gasteiger partial charge in [-0.2, -0.15) is 0 Å². The lowest BCUT2D eigenvalue weighted by Crippen LogP contribution is -2.15. The third kappa shape index (κ3) is 4.45. The Kier molecular flexibility index (Phi) is 6.15. The molecule has 0 saturated heterocycles. The van der Waals surface area contributed by atoms with Gasteiger partial charge in [0, 0.05) is 16.6 Å². The summed E-state index contributed by atoms with van der Waals surface area (Å²) in [6.07, 6.45) is 0. The molecule has 1 amide bonds. The van der Waals surface area contributed by atoms with Crippen LogP contribution in [-0.2, 0) is 4.79 Å². The van der Waals surface area contributed by atoms with Crippen LogP contribution in [0.15, 0.2) is 35.2 Å². The summed E-state index contributed by atoms with van der Waals surface area (Å²) in [5, 5.41) is 2.95. The number of carbonyl (C=O) groups excluding carboxylic acids is 1. The maximum absolute atomic E-state index is 12.3. The number of hydrogen-bond donors (Lipinski definition) is 1. The van der Waals surface area contributed by atoms with Crippen molar-refractivity contribution in [1.29, 1.82) is 0 Å². The minimum atomic E-state index is -0.0452. The van der Waals surface area contributed by atoms with E-state index in [9.17, 15) is 4.79 Å². The van der Waals surface area contributed by atoms with E-state index in [0.717, 1.165) is 16.1 Å². The lowest BCUT2D eigenvalue weighted by atomic mass is 10.1. The van der Waals surface area contributed by atoms with Crippen LogP contribution >= 0.6 is 11.8 Å². The summed E-state index contributed by atoms with van der Waals surface area (Å²) in [7, 11) is 3.17. The molecule has 0 aliphatic rings. The number of aryl methyl sites for hydroxylation is 3. The van der Waals surface area contributed by atoms with E-state index in [2.05, 4.69) is 37.4 Å². The minimum Gasteiger partial charge on any atom is -0.493 e. The van der Waals surface area contributed by atoms with Crippen LogP contribution in [0.2, 0.25) is 0 Å². The average Bonchev–Trinajstić information content (AvgIpc) is 2.57. The van der Waals surface area contributed by atoms with E-state index in [-0.39, 0.29) is 5.91 Å². The van der Waals surface area contributed by atoms with Gasteiger partial charge in [-0.3, -0.25) is 4.79 Å². The van der Waals surface area contributed by atoms with Crippen molar-refractivity contribution in [3.05, 3.63) is 47.0 Å². The van der Waals surface area contributed by atoms with Crippen molar-refractivity contribution in [2.45, 2.75) is 25.7 Å². The summed E-state index contributed by atoms with van der Waals surface area (Å²) in [5.74, 6) is 1.56. The molecule has 0 heterocycles. The van der Waals surface area contributed by atoms with Crippen LogP contribution in [-0.4, -0.2) is 25.9 Å². The zero-order valence-corrected chi connectivity index (χ0v) is 15.5. The molecular formula is C19H23NO3S. The molecular weight excluding hydrogens is 322 g/mol. The maximum Gasteiger partial charge on any atom is 0.234 e. The Morgan fingerprint density at radius 3 is 2.33 bits per heavy atom. The van der Waals surface area contributed by atoms with Gasteiger partial charge in [-0.05, 0) is 44.0 Å². The average molecular weight is 345 g/mol. The van der Waals surface area contributed by atoms with E-state index in [1.807, 2.05) is 13.0 Å². The van der Waals surface area contributed by atoms with Crippen molar-refractivity contribution in [2.75, 3.05) is 25.3 Å². The number of nitrogens with one attached hydrogen (secondary N) is 1. The first kappa shape index (κ1) is 18.2. The van der Waals surface area contributed by atoms with Gasteiger partial charge in [-0.15, -0.1) is 11.8 Å². The van der Waals surface area contributed by atoms with Gasteiger partial charge in [0.25, 0.3) is 0 Å². The predicted octanol–water partition coefficient (Wildman–Crippen LogP) is 4.36. The lowest BCUT2D eigenvalue weighted by Gasteiger charge is -2.14. The molecule has 1 N–H and O–H groups in total. The molecule has 0 aliphatic heterocycles. The third-order valence-electron chi connectivity index (χ3n) is 3.71. The molecule has 0 spiro atoms. The van der Waals surface area contributed by atoms with E-state index >= 15 is 0 Å². The standard InChI is InChI=1S/C19H23NO3S/c1-12-6-7-13(2)18(8-12)24-11-19(21)20-15-10-17(23-5)16(22-4)9-14(15)3/h6-10H,11H2,1-5H3,(H,20,21). The van der Waals surface area contributed by atoms with Gasteiger partial charge >= 0.3 is 0 Å². The number of hydrogen-bond acceptors (Lipinski definition) is 4. The van der Waals surface area contributed by atoms with Gasteiger partial charge in [0.15, 0.2) is 11.5 Å². The monoisotopic (exact) mass is 345 g/mol. The highest BCUT2D eigenvalue weighted by Gasteiger charge is 2.12. The lowest BCUT2D eigenvalue weighted by molar-refractivity contribution is -0.113. The Morgan fingerprint density at radius 2 is 1.67 bits per heavy atom. The predicted molar refractivity (Wildman–Crippen MR) is 99.6 cm³/mol. The quantitative estimate of drug-likeness (QED) is 0.790. The molecule has 0 fully saturated rings. The molecule has 0 bridgehead atoms. The van der Waals surface area contributed by atoms with Crippen molar-refractivity contribution in [1.82, 2.24) is 0 Å². The van der Waals surface area contributed by atoms with E-state index < -0.39 is 0 Å². The first-order chi connectivity index (χ1) is 11.4. The molecule has 5 heteroatoms. The fraction of sp³-hybridized carbons (Fsp3) is 0.316. The Labute approximate surface area is 147 Å². The second-order valence-electron chi connectivity index (χ2n) is 5.63. The number of thioether (sulfide) groups is 1. The number of ether oxygens (including phenoxy) is 2. The maximum atomic E-state index is 12.3. The van der Waals surface area contributed by atoms with Crippen molar-refractivity contribution in [3.8, 4) is 11.5 Å². The van der Waals surface area contributed by atoms with E-state index in [1.54, 1.807) is 32.0 Å². The van der Waals surface area contributed by atoms with E-state index in [1.165, 1.54) is 11.1 Å². The number of rotatable bonds is 6. The highest BCUT2D eigenvalue weighted by molar-refractivity contribution is 8.00. The molecule has 2 rings (SSSR count). The number of carbonyl (C=O) groups is 1. The summed E-state index contributed by atoms with van der Waals surface area (Å²) >= 11 is 1.54. The van der Waals surface area contributed by atoms with Crippen LogP contribution < -0.4 is 14.8 Å². The molecule has 2 aromatic carbocycles. The third-order valence-corrected chi connectivity index (χ3v) is 4.86. The Balaban J connectivity index is 2.06. The van der Waals surface area contributed by atoms with Crippen LogP contribution in [0.4, 0.5) is 5.69 Å². The van der Waals surface area contributed by atoms with Crippen LogP contribution in [0.25, 0.3) is 0 Å². The first-order valence-corrected chi connectivity index (χ1v) is 8.65. The summed E-state index contributed by atoms with van der Waals surface area (Å²) in [4.78, 5) is 13.4. The summed E-state index contributed by atoms with van der Waals surface area (Å²) in [6.45, 7) is 6.03. The Morgan fingerprint density at radius 1 is 1.00 bits per heavy atom. The zero-order chi connectivity index (χ0) is 17.7. The molecule has 0 aliphatic carbocycles. The van der Waals surface area contributed by atoms with Gasteiger partial charge in [0.05, 0.1) is 20.0 Å². The first-order valence-electron chi connectivity index (χ1n) is 7.67. The highest BCUT2D eigenvalue weighted by atomic mass is 32.2. The Bertz CT molecular complexity index is 744. The molecule has 4 nitrogen and oxygen atoms in total. The molecule has 0 saturated carbocycles. The van der Waals surface area contributed by atoms with Crippen molar-refractivity contribution < 1.29 is 14.3 Å². The van der Waals surface area contributed by atoms with Crippen molar-refractivity contribution in [2.24, 2.45) is 0 Å². The van der Waals surface area contributed by atoms with Gasteiger partial charge in [-0.25, -0.2) is 0 Å². The zero-order valence-electron chi connectivity index (χ0n) is 14.7. The number of anilines is 1. The SMILES string of the molecule is COc1cc(C)c(NC(=O)CSc2cc(C)ccc2C)cc1OC. The van der Waals surface area contributed by atoms with Gasteiger partial charge in [0.2, 0.25) is 5.91 Å². The summed E-state index contributed by atoms with van der Waals surface area (Å²) in [5.41, 5.74) is 4.04. The van der Waals surface area contributed by atoms with Crippen molar-refractivity contribution >= 4 is 23.4 Å². The van der Waals surface area contributed by atoms with Crippen LogP contribution in [0, 0.1) is 20.8 Å². The number of methoxy groups -OCH3 is 2. The molecule has 0 unspecified atom stereocenters. The fourth-order valence-corrected chi connectivity index (χ4v) is 3.23. The molecule has 2 aromatic rings. The second-order valence-corrected chi connectivity index (χ2v) is 6.65. The fourth-order valence-electron chi connectivity index (χ4n) is 2.31. The summed E-state index contributed by atoms with van der Waals surface area (Å²) in [6, 6.07) is 9.90. The van der Waals surface area contributed by atoms with Gasteiger partial charge in [0.1, 0.15) is 0 Å². The topological polar surface area (TPSA) is 47.6 Å². The highest BCUT2D eigenvalue weighted by Crippen LogP contribution is 2.33. The van der Waals surface area contributed by atoms with E-state index in [4.69, 9.17) is 9.47 Å². The largest absolute Gasteiger partial charge is 0.493 e. The molecule has 0 radical (unpaired) electrons. The Hall–Kier alpha value is -2.14. The molecule has 0 aromatic heterocycles. The second kappa shape index (κ2) is 8.11. The molecule has 0 atom stereocenters. The van der Waals surface area contributed by atoms with Crippen LogP contribution in [0.5, 0.6) is 11.5 Å². The van der Waals surface area contributed by atoms with Crippen LogP contribution in [0.1, 0.15) is 16.7 Å². The van der Waals surface area contributed by atoms with Gasteiger partial charge in [-0.1, -0.05) is 17.7 Å². The van der Waals surface area contributed by atoms with Crippen molar-refractivity contribution in [3.63, 3.8) is 0 Å². The van der Waals surface area contributed by atoms with Crippen LogP contribution in [0.3, 0.4) is 0 Å². The normalized spacial score (nSPS) is 10.4. The molecule has 24 heavy (non-hydrogen) atoms. The minimum absolute atomic E-state index is 0.0452. The summed E-state index contributed by atoms with van der Waals surface area (Å²) < 4.78 is 10.6.